The van der Waals surface area contributed by atoms with Gasteiger partial charge in [0.25, 0.3) is 0 Å². The fourth-order valence-corrected chi connectivity index (χ4v) is 3.03. The second-order valence-corrected chi connectivity index (χ2v) is 6.58. The summed E-state index contributed by atoms with van der Waals surface area (Å²) in [5.41, 5.74) is 1.86. The van der Waals surface area contributed by atoms with Gasteiger partial charge in [0.15, 0.2) is 5.76 Å². The van der Waals surface area contributed by atoms with Crippen molar-refractivity contribution >= 4 is 0 Å². The Bertz CT molecular complexity index is 889. The normalized spacial score (nSPS) is 15.6. The van der Waals surface area contributed by atoms with Crippen molar-refractivity contribution in [2.24, 2.45) is 0 Å². The lowest BCUT2D eigenvalue weighted by Gasteiger charge is -2.42. The lowest BCUT2D eigenvalue weighted by molar-refractivity contribution is -0.0756. The van der Waals surface area contributed by atoms with Gasteiger partial charge in [-0.25, -0.2) is 8.78 Å². The molecule has 0 bridgehead atoms. The first-order valence-electron chi connectivity index (χ1n) is 8.41. The van der Waals surface area contributed by atoms with Crippen LogP contribution in [0.5, 0.6) is 0 Å². The van der Waals surface area contributed by atoms with Gasteiger partial charge in [-0.05, 0) is 30.3 Å². The van der Waals surface area contributed by atoms with Gasteiger partial charge in [-0.15, -0.1) is 0 Å². The molecule has 0 unspecified atom stereocenters. The largest absolute Gasteiger partial charge is 0.377 e. The van der Waals surface area contributed by atoms with Gasteiger partial charge in [-0.3, -0.25) is 0 Å². The fourth-order valence-electron chi connectivity index (χ4n) is 3.03. The van der Waals surface area contributed by atoms with Crippen LogP contribution in [0.2, 0.25) is 0 Å². The Hall–Kier alpha value is -2.57. The van der Waals surface area contributed by atoms with Crippen LogP contribution in [0.15, 0.2) is 59.1 Å². The number of hydrogen-bond acceptors (Lipinski definition) is 4. The van der Waals surface area contributed by atoms with Gasteiger partial charge >= 0.3 is 0 Å². The average Bonchev–Trinajstić information content (AvgIpc) is 3.07. The smallest absolute Gasteiger partial charge is 0.167 e. The van der Waals surface area contributed by atoms with Crippen LogP contribution in [0, 0.1) is 11.6 Å². The quantitative estimate of drug-likeness (QED) is 0.731. The molecule has 134 valence electrons. The van der Waals surface area contributed by atoms with E-state index in [1.165, 1.54) is 18.2 Å². The molecule has 4 nitrogen and oxygen atoms in total. The highest BCUT2D eigenvalue weighted by Crippen LogP contribution is 2.26. The molecule has 0 saturated carbocycles. The Labute approximate surface area is 149 Å². The molecular formula is C20H18F2N2O2. The molecule has 0 aliphatic carbocycles. The van der Waals surface area contributed by atoms with E-state index in [1.807, 2.05) is 12.1 Å². The molecule has 26 heavy (non-hydrogen) atoms. The summed E-state index contributed by atoms with van der Waals surface area (Å²) in [6.07, 6.45) is 0.603. The van der Waals surface area contributed by atoms with Crippen LogP contribution < -0.4 is 5.32 Å². The predicted octanol–water partition coefficient (Wildman–Crippen LogP) is 3.72. The summed E-state index contributed by atoms with van der Waals surface area (Å²) < 4.78 is 37.6. The molecule has 1 aliphatic rings. The number of hydrogen-bond donors (Lipinski definition) is 1. The third-order valence-electron chi connectivity index (χ3n) is 4.58. The zero-order chi connectivity index (χ0) is 18.0. The van der Waals surface area contributed by atoms with Crippen molar-refractivity contribution in [3.63, 3.8) is 0 Å². The van der Waals surface area contributed by atoms with Gasteiger partial charge in [0.05, 0.1) is 24.4 Å². The summed E-state index contributed by atoms with van der Waals surface area (Å²) in [5, 5.41) is 7.51. The summed E-state index contributed by atoms with van der Waals surface area (Å²) in [6.45, 7) is 1.47. The zero-order valence-electron chi connectivity index (χ0n) is 14.0. The van der Waals surface area contributed by atoms with Gasteiger partial charge in [0, 0.05) is 30.2 Å². The zero-order valence-corrected chi connectivity index (χ0v) is 14.0. The average molecular weight is 356 g/mol. The summed E-state index contributed by atoms with van der Waals surface area (Å²) in [5.74, 6) is 0.0660. The molecule has 0 amide bonds. The highest BCUT2D eigenvalue weighted by atomic mass is 19.1. The topological polar surface area (TPSA) is 47.3 Å². The number of nitrogens with zero attached hydrogens (tertiary/aromatic N) is 1. The standard InChI is InChI=1S/C20H18F2N2O2/c21-16-7-5-14(6-8-16)19-9-17(24-26-19)10-20(12-25-13-20)23-11-15-3-1-2-4-18(15)22/h1-9,23H,10-13H2. The first-order valence-corrected chi connectivity index (χ1v) is 8.41. The van der Waals surface area contributed by atoms with Crippen molar-refractivity contribution < 1.29 is 18.0 Å². The van der Waals surface area contributed by atoms with Gasteiger partial charge < -0.3 is 14.6 Å². The molecule has 2 aromatic carbocycles. The molecule has 3 aromatic rings. The highest BCUT2D eigenvalue weighted by Gasteiger charge is 2.39. The third kappa shape index (κ3) is 3.52. The minimum atomic E-state index is -0.295. The Morgan fingerprint density at radius 3 is 2.50 bits per heavy atom. The Kier molecular flexibility index (Phi) is 4.53. The van der Waals surface area contributed by atoms with E-state index in [0.29, 0.717) is 37.5 Å². The lowest BCUT2D eigenvalue weighted by Crippen LogP contribution is -2.61. The maximum absolute atomic E-state index is 13.8. The van der Waals surface area contributed by atoms with E-state index >= 15 is 0 Å². The van der Waals surface area contributed by atoms with Crippen LogP contribution in [0.25, 0.3) is 11.3 Å². The highest BCUT2D eigenvalue weighted by molar-refractivity contribution is 5.57. The van der Waals surface area contributed by atoms with Crippen LogP contribution in [0.1, 0.15) is 11.3 Å². The Balaban J connectivity index is 1.45. The third-order valence-corrected chi connectivity index (χ3v) is 4.58. The predicted molar refractivity (Wildman–Crippen MR) is 92.4 cm³/mol. The van der Waals surface area contributed by atoms with Crippen LogP contribution in [0.3, 0.4) is 0 Å². The molecule has 6 heteroatoms. The number of halogens is 2. The SMILES string of the molecule is Fc1ccc(-c2cc(CC3(NCc4ccccc4F)COC3)no2)cc1. The molecular weight excluding hydrogens is 338 g/mol. The summed E-state index contributed by atoms with van der Waals surface area (Å²) in [4.78, 5) is 0. The van der Waals surface area contributed by atoms with Crippen molar-refractivity contribution in [3.8, 4) is 11.3 Å². The van der Waals surface area contributed by atoms with E-state index in [1.54, 1.807) is 24.3 Å². The van der Waals surface area contributed by atoms with Crippen LogP contribution >= 0.6 is 0 Å². The second-order valence-electron chi connectivity index (χ2n) is 6.58. The number of nitrogens with one attached hydrogen (secondary N) is 1. The molecule has 4 rings (SSSR count). The number of ether oxygens (including phenoxy) is 1. The molecule has 0 radical (unpaired) electrons. The van der Waals surface area contributed by atoms with Gasteiger partial charge in [0.1, 0.15) is 11.6 Å². The minimum absolute atomic E-state index is 0.226. The Morgan fingerprint density at radius 2 is 1.81 bits per heavy atom. The van der Waals surface area contributed by atoms with E-state index in [-0.39, 0.29) is 17.2 Å². The molecule has 1 aromatic heterocycles. The maximum Gasteiger partial charge on any atom is 0.167 e. The lowest BCUT2D eigenvalue weighted by atomic mass is 9.90. The number of aromatic nitrogens is 1. The summed E-state index contributed by atoms with van der Waals surface area (Å²) >= 11 is 0. The number of rotatable bonds is 6. The van der Waals surface area contributed by atoms with E-state index in [9.17, 15) is 8.78 Å². The summed E-state index contributed by atoms with van der Waals surface area (Å²) in [6, 6.07) is 14.6. The van der Waals surface area contributed by atoms with E-state index < -0.39 is 0 Å². The van der Waals surface area contributed by atoms with Crippen LogP contribution in [-0.2, 0) is 17.7 Å². The van der Waals surface area contributed by atoms with Gasteiger partial charge in [-0.2, -0.15) is 0 Å². The molecule has 1 saturated heterocycles. The van der Waals surface area contributed by atoms with Gasteiger partial charge in [0.2, 0.25) is 0 Å². The molecule has 1 N–H and O–H groups in total. The van der Waals surface area contributed by atoms with Crippen LogP contribution in [-0.4, -0.2) is 23.9 Å². The van der Waals surface area contributed by atoms with E-state index in [2.05, 4.69) is 10.5 Å². The fraction of sp³-hybridized carbons (Fsp3) is 0.250. The van der Waals surface area contributed by atoms with Crippen molar-refractivity contribution in [2.75, 3.05) is 13.2 Å². The van der Waals surface area contributed by atoms with E-state index in [0.717, 1.165) is 11.3 Å². The molecule has 1 fully saturated rings. The van der Waals surface area contributed by atoms with Crippen molar-refractivity contribution in [1.29, 1.82) is 0 Å². The molecule has 1 aliphatic heterocycles. The van der Waals surface area contributed by atoms with Crippen molar-refractivity contribution in [3.05, 3.63) is 77.5 Å². The van der Waals surface area contributed by atoms with Gasteiger partial charge in [-0.1, -0.05) is 23.4 Å². The number of benzene rings is 2. The Morgan fingerprint density at radius 1 is 1.04 bits per heavy atom. The monoisotopic (exact) mass is 356 g/mol. The molecule has 0 atom stereocenters. The van der Waals surface area contributed by atoms with E-state index in [4.69, 9.17) is 9.26 Å². The second kappa shape index (κ2) is 6.97. The summed E-state index contributed by atoms with van der Waals surface area (Å²) in [7, 11) is 0. The first kappa shape index (κ1) is 16.9. The molecule has 0 spiro atoms. The van der Waals surface area contributed by atoms with Crippen LogP contribution in [0.4, 0.5) is 8.78 Å². The first-order chi connectivity index (χ1) is 12.6. The van der Waals surface area contributed by atoms with Crippen molar-refractivity contribution in [2.45, 2.75) is 18.5 Å². The molecule has 2 heterocycles. The van der Waals surface area contributed by atoms with Crippen molar-refractivity contribution in [1.82, 2.24) is 10.5 Å². The minimum Gasteiger partial charge on any atom is -0.377 e. The maximum atomic E-state index is 13.8.